The van der Waals surface area contributed by atoms with E-state index in [1.54, 1.807) is 38.3 Å². The van der Waals surface area contributed by atoms with Crippen molar-refractivity contribution in [1.29, 1.82) is 0 Å². The van der Waals surface area contributed by atoms with Crippen molar-refractivity contribution in [1.82, 2.24) is 20.1 Å². The number of nitrogens with one attached hydrogen (secondary N) is 1. The van der Waals surface area contributed by atoms with E-state index >= 15 is 0 Å². The lowest BCUT2D eigenvalue weighted by atomic mass is 10.1. The van der Waals surface area contributed by atoms with Gasteiger partial charge in [-0.25, -0.2) is 0 Å². The summed E-state index contributed by atoms with van der Waals surface area (Å²) in [5, 5.41) is 8.23. The van der Waals surface area contributed by atoms with Gasteiger partial charge in [-0.1, -0.05) is 24.3 Å². The molecule has 0 saturated carbocycles. The fraction of sp³-hybridized carbons (Fsp3) is 0.333. The summed E-state index contributed by atoms with van der Waals surface area (Å²) >= 11 is 0. The molecule has 1 N–H and O–H groups in total. The Hall–Kier alpha value is -4.14. The molecule has 9 nitrogen and oxygen atoms in total. The molecule has 1 aromatic heterocycles. The number of hydrogen-bond donors (Lipinski definition) is 1. The summed E-state index contributed by atoms with van der Waals surface area (Å²) in [4.78, 5) is 29.6. The quantitative estimate of drug-likeness (QED) is 0.288. The molecule has 0 spiro atoms. The number of H-pyrrole nitrogens is 1. The maximum Gasteiger partial charge on any atom is 0.273 e. The van der Waals surface area contributed by atoms with Crippen LogP contribution in [0.25, 0.3) is 11.4 Å². The number of carbonyl (C=O) groups excluding carboxylic acids is 1. The zero-order valence-electron chi connectivity index (χ0n) is 21.0. The fourth-order valence-corrected chi connectivity index (χ4v) is 3.52. The smallest absolute Gasteiger partial charge is 0.273 e. The Morgan fingerprint density at radius 2 is 1.89 bits per heavy atom. The summed E-state index contributed by atoms with van der Waals surface area (Å²) in [6.45, 7) is 4.72. The standard InChI is InChI=1S/C27H32N4O5/c1-5-6-16-36-21-9-7-8-20(18-21)26-28-27(33)22(29-30-26)11-13-25(32)31(2)15-14-19-10-12-23(34-3)24(17-19)35-4/h5,7-10,12,17-18H,1,6,11,13-16H2,2-4H3,(H,28,30,33). The van der Waals surface area contributed by atoms with Crippen molar-refractivity contribution in [2.45, 2.75) is 25.7 Å². The highest BCUT2D eigenvalue weighted by Gasteiger charge is 2.14. The Labute approximate surface area is 210 Å². The number of nitrogens with zero attached hydrogens (tertiary/aromatic N) is 3. The van der Waals surface area contributed by atoms with Crippen LogP contribution in [0.3, 0.4) is 0 Å². The lowest BCUT2D eigenvalue weighted by molar-refractivity contribution is -0.129. The summed E-state index contributed by atoms with van der Waals surface area (Å²) < 4.78 is 16.2. The van der Waals surface area contributed by atoms with Crippen LogP contribution in [0.15, 0.2) is 59.9 Å². The van der Waals surface area contributed by atoms with Crippen molar-refractivity contribution in [3.8, 4) is 28.6 Å². The lowest BCUT2D eigenvalue weighted by Gasteiger charge is -2.17. The first-order valence-electron chi connectivity index (χ1n) is 11.7. The SMILES string of the molecule is C=CCCOc1cccc(-c2nnc(CCC(=O)N(C)CCc3ccc(OC)c(OC)c3)c(=O)[nH]2)c1. The first-order valence-corrected chi connectivity index (χ1v) is 11.7. The second-order valence-electron chi connectivity index (χ2n) is 8.16. The maximum absolute atomic E-state index is 12.6. The van der Waals surface area contributed by atoms with Crippen LogP contribution in [0.5, 0.6) is 17.2 Å². The summed E-state index contributed by atoms with van der Waals surface area (Å²) in [6, 6.07) is 13.0. The van der Waals surface area contributed by atoms with Gasteiger partial charge in [-0.15, -0.1) is 16.8 Å². The number of aromatic nitrogens is 3. The third kappa shape index (κ3) is 7.18. The van der Waals surface area contributed by atoms with Gasteiger partial charge in [-0.3, -0.25) is 9.59 Å². The van der Waals surface area contributed by atoms with E-state index in [1.807, 2.05) is 36.4 Å². The monoisotopic (exact) mass is 492 g/mol. The van der Waals surface area contributed by atoms with Gasteiger partial charge >= 0.3 is 0 Å². The molecule has 0 radical (unpaired) electrons. The number of methoxy groups -OCH3 is 2. The van der Waals surface area contributed by atoms with Crippen LogP contribution in [-0.2, 0) is 17.6 Å². The molecule has 3 aromatic rings. The third-order valence-electron chi connectivity index (χ3n) is 5.65. The maximum atomic E-state index is 12.6. The minimum Gasteiger partial charge on any atom is -0.493 e. The molecule has 190 valence electrons. The molecule has 2 aromatic carbocycles. The zero-order valence-corrected chi connectivity index (χ0v) is 21.0. The van der Waals surface area contributed by atoms with Gasteiger partial charge in [-0.05, 0) is 42.7 Å². The van der Waals surface area contributed by atoms with Crippen molar-refractivity contribution in [2.75, 3.05) is 34.4 Å². The number of aromatic amines is 1. The Kier molecular flexibility index (Phi) is 9.62. The van der Waals surface area contributed by atoms with Crippen LogP contribution in [0.4, 0.5) is 0 Å². The largest absolute Gasteiger partial charge is 0.493 e. The van der Waals surface area contributed by atoms with E-state index in [9.17, 15) is 9.59 Å². The van der Waals surface area contributed by atoms with E-state index in [0.29, 0.717) is 48.2 Å². The van der Waals surface area contributed by atoms with Gasteiger partial charge in [-0.2, -0.15) is 0 Å². The molecule has 0 saturated heterocycles. The molecule has 0 fully saturated rings. The van der Waals surface area contributed by atoms with E-state index in [4.69, 9.17) is 14.2 Å². The fourth-order valence-electron chi connectivity index (χ4n) is 3.52. The summed E-state index contributed by atoms with van der Waals surface area (Å²) in [5.74, 6) is 2.24. The molecule has 0 atom stereocenters. The number of amides is 1. The first-order chi connectivity index (χ1) is 17.4. The Bertz CT molecular complexity index is 1240. The molecular weight excluding hydrogens is 460 g/mol. The minimum atomic E-state index is -0.362. The molecule has 0 bridgehead atoms. The summed E-state index contributed by atoms with van der Waals surface area (Å²) in [7, 11) is 4.92. The van der Waals surface area contributed by atoms with Crippen molar-refractivity contribution in [3.63, 3.8) is 0 Å². The second kappa shape index (κ2) is 13.1. The number of aryl methyl sites for hydroxylation is 1. The van der Waals surface area contributed by atoms with Crippen LogP contribution >= 0.6 is 0 Å². The Morgan fingerprint density at radius 3 is 2.61 bits per heavy atom. The van der Waals surface area contributed by atoms with Gasteiger partial charge in [0, 0.05) is 32.0 Å². The average Bonchev–Trinajstić information content (AvgIpc) is 2.90. The molecular formula is C27H32N4O5. The van der Waals surface area contributed by atoms with E-state index < -0.39 is 0 Å². The molecule has 0 aliphatic carbocycles. The Balaban J connectivity index is 1.55. The number of carbonyl (C=O) groups is 1. The number of likely N-dealkylation sites (N-methyl/N-ethyl adjacent to an activating group) is 1. The van der Waals surface area contributed by atoms with Crippen LogP contribution in [0.2, 0.25) is 0 Å². The highest BCUT2D eigenvalue weighted by Crippen LogP contribution is 2.27. The molecule has 0 aliphatic heterocycles. The van der Waals surface area contributed by atoms with Gasteiger partial charge < -0.3 is 24.1 Å². The highest BCUT2D eigenvalue weighted by molar-refractivity contribution is 5.76. The number of hydrogen-bond acceptors (Lipinski definition) is 7. The van der Waals surface area contributed by atoms with Gasteiger partial charge in [0.05, 0.1) is 20.8 Å². The molecule has 1 heterocycles. The topological polar surface area (TPSA) is 107 Å². The number of ether oxygens (including phenoxy) is 3. The lowest BCUT2D eigenvalue weighted by Crippen LogP contribution is -2.30. The normalized spacial score (nSPS) is 10.5. The predicted molar refractivity (Wildman–Crippen MR) is 138 cm³/mol. The second-order valence-corrected chi connectivity index (χ2v) is 8.16. The van der Waals surface area contributed by atoms with Gasteiger partial charge in [0.1, 0.15) is 11.4 Å². The first kappa shape index (κ1) is 26.5. The Morgan fingerprint density at radius 1 is 1.08 bits per heavy atom. The third-order valence-corrected chi connectivity index (χ3v) is 5.65. The molecule has 1 amide bonds. The molecule has 0 aliphatic rings. The zero-order chi connectivity index (χ0) is 25.9. The molecule has 0 unspecified atom stereocenters. The van der Waals surface area contributed by atoms with Gasteiger partial charge in [0.15, 0.2) is 17.3 Å². The average molecular weight is 493 g/mol. The predicted octanol–water partition coefficient (Wildman–Crippen LogP) is 3.44. The van der Waals surface area contributed by atoms with E-state index in [0.717, 1.165) is 12.0 Å². The van der Waals surface area contributed by atoms with Crippen LogP contribution in [0, 0.1) is 0 Å². The van der Waals surface area contributed by atoms with Crippen molar-refractivity contribution >= 4 is 5.91 Å². The van der Waals surface area contributed by atoms with Gasteiger partial charge in [0.25, 0.3) is 5.56 Å². The summed E-state index contributed by atoms with van der Waals surface area (Å²) in [6.07, 6.45) is 3.54. The summed E-state index contributed by atoms with van der Waals surface area (Å²) in [5.41, 5.74) is 1.58. The van der Waals surface area contributed by atoms with Gasteiger partial charge in [0.2, 0.25) is 5.91 Å². The van der Waals surface area contributed by atoms with Crippen molar-refractivity contribution in [3.05, 3.63) is 76.7 Å². The van der Waals surface area contributed by atoms with Crippen LogP contribution in [0.1, 0.15) is 24.1 Å². The minimum absolute atomic E-state index is 0.0786. The highest BCUT2D eigenvalue weighted by atomic mass is 16.5. The number of rotatable bonds is 13. The van der Waals surface area contributed by atoms with Crippen molar-refractivity contribution < 1.29 is 19.0 Å². The van der Waals surface area contributed by atoms with Crippen molar-refractivity contribution in [2.24, 2.45) is 0 Å². The molecule has 36 heavy (non-hydrogen) atoms. The van der Waals surface area contributed by atoms with Crippen LogP contribution in [-0.4, -0.2) is 60.4 Å². The van der Waals surface area contributed by atoms with E-state index in [2.05, 4.69) is 21.8 Å². The van der Waals surface area contributed by atoms with E-state index in [-0.39, 0.29) is 30.0 Å². The van der Waals surface area contributed by atoms with Crippen LogP contribution < -0.4 is 19.8 Å². The molecule has 3 rings (SSSR count). The molecule has 9 heteroatoms. The number of benzene rings is 2. The van der Waals surface area contributed by atoms with E-state index in [1.165, 1.54) is 0 Å².